The van der Waals surface area contributed by atoms with E-state index in [1.807, 2.05) is 14.1 Å². The molecule has 0 aliphatic rings. The molecule has 0 saturated heterocycles. The zero-order valence-corrected chi connectivity index (χ0v) is 7.44. The smallest absolute Gasteiger partial charge is 0.228 e. The first-order valence-electron chi connectivity index (χ1n) is 3.82. The van der Waals surface area contributed by atoms with Gasteiger partial charge in [0.2, 0.25) is 5.95 Å². The van der Waals surface area contributed by atoms with Crippen LogP contribution in [0.4, 0.5) is 11.8 Å². The van der Waals surface area contributed by atoms with Gasteiger partial charge in [0.15, 0.2) is 11.5 Å². The molecule has 0 bridgehead atoms. The van der Waals surface area contributed by atoms with E-state index >= 15 is 0 Å². The summed E-state index contributed by atoms with van der Waals surface area (Å²) in [6.45, 7) is 0. The molecule has 6 heteroatoms. The van der Waals surface area contributed by atoms with E-state index < -0.39 is 0 Å². The minimum Gasteiger partial charge on any atom is -0.382 e. The van der Waals surface area contributed by atoms with Crippen molar-refractivity contribution in [1.82, 2.24) is 19.9 Å². The predicted molar refractivity (Wildman–Crippen MR) is 50.4 cm³/mol. The third-order valence-electron chi connectivity index (χ3n) is 1.70. The molecule has 68 valence electrons. The Bertz CT molecular complexity index is 431. The molecule has 2 heterocycles. The first-order valence-corrected chi connectivity index (χ1v) is 3.82. The van der Waals surface area contributed by atoms with Crippen LogP contribution in [0.3, 0.4) is 0 Å². The van der Waals surface area contributed by atoms with Gasteiger partial charge in [0.25, 0.3) is 0 Å². The van der Waals surface area contributed by atoms with Crippen molar-refractivity contribution in [3.63, 3.8) is 0 Å². The minimum atomic E-state index is 0.422. The third kappa shape index (κ3) is 1.16. The average molecular weight is 178 g/mol. The van der Waals surface area contributed by atoms with Crippen LogP contribution in [0.25, 0.3) is 11.2 Å². The maximum atomic E-state index is 5.69. The van der Waals surface area contributed by atoms with E-state index in [-0.39, 0.29) is 0 Å². The standard InChI is InChI=1S/C7H10N6/c1-13(2)7-11-5(8)4-6(12-7)10-3-9-4/h3H,1-2H3,(H3,8,9,10,11,12). The molecule has 6 nitrogen and oxygen atoms in total. The Morgan fingerprint density at radius 2 is 2.15 bits per heavy atom. The van der Waals surface area contributed by atoms with Gasteiger partial charge in [0.1, 0.15) is 5.52 Å². The molecular formula is C7H10N6. The fourth-order valence-corrected chi connectivity index (χ4v) is 1.04. The highest BCUT2D eigenvalue weighted by molar-refractivity contribution is 5.82. The number of aromatic nitrogens is 4. The molecule has 0 radical (unpaired) electrons. The second-order valence-electron chi connectivity index (χ2n) is 2.90. The molecule has 2 rings (SSSR count). The SMILES string of the molecule is CN(C)c1nc(N)c2[nH]cnc2n1. The van der Waals surface area contributed by atoms with Crippen LogP contribution < -0.4 is 10.6 Å². The zero-order chi connectivity index (χ0) is 9.42. The highest BCUT2D eigenvalue weighted by Gasteiger charge is 2.07. The maximum Gasteiger partial charge on any atom is 0.228 e. The average Bonchev–Trinajstić information content (AvgIpc) is 2.51. The summed E-state index contributed by atoms with van der Waals surface area (Å²) in [5.41, 5.74) is 6.97. The summed E-state index contributed by atoms with van der Waals surface area (Å²) < 4.78 is 0. The topological polar surface area (TPSA) is 83.7 Å². The molecule has 13 heavy (non-hydrogen) atoms. The first kappa shape index (κ1) is 7.78. The number of anilines is 2. The van der Waals surface area contributed by atoms with Crippen LogP contribution >= 0.6 is 0 Å². The Balaban J connectivity index is 2.70. The monoisotopic (exact) mass is 178 g/mol. The number of hydrogen-bond acceptors (Lipinski definition) is 5. The van der Waals surface area contributed by atoms with Crippen LogP contribution in [-0.2, 0) is 0 Å². The van der Waals surface area contributed by atoms with E-state index in [1.54, 1.807) is 11.2 Å². The van der Waals surface area contributed by atoms with Gasteiger partial charge in [0.05, 0.1) is 6.33 Å². The molecule has 0 saturated carbocycles. The van der Waals surface area contributed by atoms with Gasteiger partial charge in [-0.2, -0.15) is 9.97 Å². The molecule has 0 aromatic carbocycles. The fraction of sp³-hybridized carbons (Fsp3) is 0.286. The van der Waals surface area contributed by atoms with Gasteiger partial charge < -0.3 is 15.6 Å². The van der Waals surface area contributed by atoms with E-state index in [9.17, 15) is 0 Å². The Kier molecular flexibility index (Phi) is 1.54. The van der Waals surface area contributed by atoms with Gasteiger partial charge in [0, 0.05) is 14.1 Å². The van der Waals surface area contributed by atoms with Gasteiger partial charge in [-0.3, -0.25) is 0 Å². The molecule has 2 aromatic heterocycles. The lowest BCUT2D eigenvalue weighted by Crippen LogP contribution is -2.13. The predicted octanol–water partition coefficient (Wildman–Crippen LogP) is 0.00110. The maximum absolute atomic E-state index is 5.69. The van der Waals surface area contributed by atoms with Gasteiger partial charge >= 0.3 is 0 Å². The van der Waals surface area contributed by atoms with Crippen LogP contribution in [0.15, 0.2) is 6.33 Å². The number of rotatable bonds is 1. The number of nitrogen functional groups attached to an aromatic ring is 1. The van der Waals surface area contributed by atoms with Crippen molar-refractivity contribution in [1.29, 1.82) is 0 Å². The third-order valence-corrected chi connectivity index (χ3v) is 1.70. The van der Waals surface area contributed by atoms with E-state index in [1.165, 1.54) is 0 Å². The minimum absolute atomic E-state index is 0.422. The van der Waals surface area contributed by atoms with Gasteiger partial charge in [-0.15, -0.1) is 0 Å². The highest BCUT2D eigenvalue weighted by atomic mass is 15.2. The largest absolute Gasteiger partial charge is 0.382 e. The van der Waals surface area contributed by atoms with E-state index in [0.29, 0.717) is 22.9 Å². The van der Waals surface area contributed by atoms with Crippen LogP contribution in [0.1, 0.15) is 0 Å². The highest BCUT2D eigenvalue weighted by Crippen LogP contribution is 2.15. The summed E-state index contributed by atoms with van der Waals surface area (Å²) in [5.74, 6) is 0.989. The number of nitrogens with zero attached hydrogens (tertiary/aromatic N) is 4. The number of fused-ring (bicyclic) bond motifs is 1. The normalized spacial score (nSPS) is 10.6. The molecule has 2 aromatic rings. The van der Waals surface area contributed by atoms with Crippen molar-refractivity contribution in [2.75, 3.05) is 24.7 Å². The second kappa shape index (κ2) is 2.58. The Labute approximate surface area is 74.8 Å². The van der Waals surface area contributed by atoms with Gasteiger partial charge in [-0.1, -0.05) is 0 Å². The van der Waals surface area contributed by atoms with Crippen molar-refractivity contribution in [3.8, 4) is 0 Å². The van der Waals surface area contributed by atoms with Crippen LogP contribution in [0, 0.1) is 0 Å². The summed E-state index contributed by atoms with van der Waals surface area (Å²) in [7, 11) is 3.71. The lowest BCUT2D eigenvalue weighted by molar-refractivity contribution is 1.02. The summed E-state index contributed by atoms with van der Waals surface area (Å²) in [6.07, 6.45) is 1.55. The van der Waals surface area contributed by atoms with Crippen LogP contribution in [0.2, 0.25) is 0 Å². The summed E-state index contributed by atoms with van der Waals surface area (Å²) in [6, 6.07) is 0. The number of aromatic amines is 1. The van der Waals surface area contributed by atoms with Crippen molar-refractivity contribution >= 4 is 22.9 Å². The Morgan fingerprint density at radius 3 is 2.85 bits per heavy atom. The van der Waals surface area contributed by atoms with E-state index in [0.717, 1.165) is 0 Å². The van der Waals surface area contributed by atoms with Crippen molar-refractivity contribution in [2.45, 2.75) is 0 Å². The zero-order valence-electron chi connectivity index (χ0n) is 7.44. The summed E-state index contributed by atoms with van der Waals surface area (Å²) in [4.78, 5) is 16.9. The summed E-state index contributed by atoms with van der Waals surface area (Å²) in [5, 5.41) is 0. The molecule has 0 atom stereocenters. The van der Waals surface area contributed by atoms with Crippen molar-refractivity contribution in [2.24, 2.45) is 0 Å². The number of hydrogen-bond donors (Lipinski definition) is 2. The number of imidazole rings is 1. The Morgan fingerprint density at radius 1 is 1.38 bits per heavy atom. The van der Waals surface area contributed by atoms with Gasteiger partial charge in [-0.05, 0) is 0 Å². The van der Waals surface area contributed by atoms with E-state index in [2.05, 4.69) is 19.9 Å². The molecule has 0 spiro atoms. The lowest BCUT2D eigenvalue weighted by atomic mass is 10.5. The first-order chi connectivity index (χ1) is 6.18. The molecule has 0 aliphatic carbocycles. The second-order valence-corrected chi connectivity index (χ2v) is 2.90. The fourth-order valence-electron chi connectivity index (χ4n) is 1.04. The lowest BCUT2D eigenvalue weighted by Gasteiger charge is -2.09. The quantitative estimate of drug-likeness (QED) is 0.642. The molecule has 0 aliphatic heterocycles. The molecule has 0 fully saturated rings. The molecule has 0 unspecified atom stereocenters. The Hall–Kier alpha value is -1.85. The van der Waals surface area contributed by atoms with Crippen LogP contribution in [-0.4, -0.2) is 34.0 Å². The van der Waals surface area contributed by atoms with Gasteiger partial charge in [-0.25, -0.2) is 4.98 Å². The van der Waals surface area contributed by atoms with E-state index in [4.69, 9.17) is 5.73 Å². The number of nitrogens with one attached hydrogen (secondary N) is 1. The number of H-pyrrole nitrogens is 1. The number of nitrogens with two attached hydrogens (primary N) is 1. The molecular weight excluding hydrogens is 168 g/mol. The van der Waals surface area contributed by atoms with Crippen molar-refractivity contribution < 1.29 is 0 Å². The molecule has 0 amide bonds. The summed E-state index contributed by atoms with van der Waals surface area (Å²) >= 11 is 0. The van der Waals surface area contributed by atoms with Crippen LogP contribution in [0.5, 0.6) is 0 Å². The van der Waals surface area contributed by atoms with Crippen molar-refractivity contribution in [3.05, 3.63) is 6.33 Å². The molecule has 3 N–H and O–H groups in total.